The van der Waals surface area contributed by atoms with Crippen molar-refractivity contribution < 1.29 is 22.3 Å². The van der Waals surface area contributed by atoms with Crippen molar-refractivity contribution in [3.05, 3.63) is 58.9 Å². The van der Waals surface area contributed by atoms with Crippen molar-refractivity contribution >= 4 is 21.6 Å². The van der Waals surface area contributed by atoms with Gasteiger partial charge in [-0.1, -0.05) is 44.5 Å². The molecule has 0 fully saturated rings. The number of hydrogen-bond donors (Lipinski definition) is 2. The number of sulfonamides is 1. The van der Waals surface area contributed by atoms with Crippen LogP contribution in [0.15, 0.2) is 36.4 Å². The fourth-order valence-corrected chi connectivity index (χ4v) is 3.27. The molecule has 0 bridgehead atoms. The summed E-state index contributed by atoms with van der Waals surface area (Å²) in [6.07, 6.45) is 0.944. The summed E-state index contributed by atoms with van der Waals surface area (Å²) >= 11 is 0. The molecule has 0 saturated heterocycles. The van der Waals surface area contributed by atoms with Gasteiger partial charge in [0.15, 0.2) is 6.61 Å². The second-order valence-corrected chi connectivity index (χ2v) is 9.75. The topological polar surface area (TPSA) is 84.5 Å². The fourth-order valence-electron chi connectivity index (χ4n) is 2.70. The van der Waals surface area contributed by atoms with Gasteiger partial charge in [0, 0.05) is 6.54 Å². The van der Waals surface area contributed by atoms with Gasteiger partial charge in [-0.25, -0.2) is 12.8 Å². The molecule has 6 nitrogen and oxygen atoms in total. The molecule has 8 heteroatoms. The number of hydrogen-bond acceptors (Lipinski definition) is 4. The normalized spacial score (nSPS) is 11.8. The Bertz CT molecular complexity index is 998. The molecule has 0 aromatic heterocycles. The van der Waals surface area contributed by atoms with E-state index in [4.69, 9.17) is 4.74 Å². The molecule has 158 valence electrons. The van der Waals surface area contributed by atoms with E-state index in [-0.39, 0.29) is 30.2 Å². The molecule has 0 heterocycles. The summed E-state index contributed by atoms with van der Waals surface area (Å²) in [5, 5.41) is 2.66. The van der Waals surface area contributed by atoms with Crippen molar-refractivity contribution in [2.75, 3.05) is 17.6 Å². The predicted molar refractivity (Wildman–Crippen MR) is 112 cm³/mol. The van der Waals surface area contributed by atoms with Gasteiger partial charge in [-0.3, -0.25) is 9.52 Å². The molecule has 2 aromatic carbocycles. The average molecular weight is 423 g/mol. The van der Waals surface area contributed by atoms with Crippen molar-refractivity contribution in [3.63, 3.8) is 0 Å². The molecule has 0 saturated carbocycles. The van der Waals surface area contributed by atoms with Crippen LogP contribution in [-0.4, -0.2) is 27.2 Å². The van der Waals surface area contributed by atoms with E-state index in [1.807, 2.05) is 25.1 Å². The summed E-state index contributed by atoms with van der Waals surface area (Å²) in [5.41, 5.74) is 2.36. The number of halogens is 1. The highest BCUT2D eigenvalue weighted by Crippen LogP contribution is 2.32. The number of nitrogens with one attached hydrogen (secondary N) is 2. The molecule has 2 rings (SSSR count). The van der Waals surface area contributed by atoms with Gasteiger partial charge in [0.2, 0.25) is 10.0 Å². The second kappa shape index (κ2) is 8.82. The Kier molecular flexibility index (Phi) is 6.89. The molecule has 0 aliphatic carbocycles. The van der Waals surface area contributed by atoms with Gasteiger partial charge >= 0.3 is 0 Å². The number of rotatable bonds is 7. The average Bonchev–Trinajstić information content (AvgIpc) is 2.59. The minimum absolute atomic E-state index is 0.0955. The largest absolute Gasteiger partial charge is 0.483 e. The van der Waals surface area contributed by atoms with Crippen molar-refractivity contribution in [2.24, 2.45) is 0 Å². The van der Waals surface area contributed by atoms with Gasteiger partial charge in [0.25, 0.3) is 5.91 Å². The number of benzene rings is 2. The minimum Gasteiger partial charge on any atom is -0.483 e. The Labute approximate surface area is 171 Å². The van der Waals surface area contributed by atoms with Crippen LogP contribution in [0, 0.1) is 12.7 Å². The molecule has 0 radical (unpaired) electrons. The van der Waals surface area contributed by atoms with Crippen molar-refractivity contribution in [1.29, 1.82) is 0 Å². The highest BCUT2D eigenvalue weighted by Gasteiger charge is 2.19. The van der Waals surface area contributed by atoms with Crippen LogP contribution in [0.2, 0.25) is 0 Å². The van der Waals surface area contributed by atoms with Gasteiger partial charge in [-0.05, 0) is 41.7 Å². The molecular weight excluding hydrogens is 395 g/mol. The van der Waals surface area contributed by atoms with E-state index in [0.717, 1.165) is 17.4 Å². The third kappa shape index (κ3) is 7.05. The molecule has 2 aromatic rings. The smallest absolute Gasteiger partial charge is 0.258 e. The first kappa shape index (κ1) is 22.7. The standard InChI is InChI=1S/C21H27FN2O4S/c1-14-6-9-19(16(10-14)21(2,3)4)28-13-20(25)23-12-15-7-8-18(17(22)11-15)24-29(5,26)27/h6-11,24H,12-13H2,1-5H3,(H,23,25). The fraction of sp³-hybridized carbons (Fsp3) is 0.381. The maximum absolute atomic E-state index is 14.0. The van der Waals surface area contributed by atoms with Crippen molar-refractivity contribution in [1.82, 2.24) is 5.32 Å². The first-order valence-electron chi connectivity index (χ1n) is 9.12. The van der Waals surface area contributed by atoms with Crippen LogP contribution in [0.25, 0.3) is 0 Å². The van der Waals surface area contributed by atoms with Crippen LogP contribution < -0.4 is 14.8 Å². The number of carbonyl (C=O) groups is 1. The van der Waals surface area contributed by atoms with Gasteiger partial charge in [0.05, 0.1) is 11.9 Å². The molecule has 2 N–H and O–H groups in total. The van der Waals surface area contributed by atoms with Gasteiger partial charge in [-0.15, -0.1) is 0 Å². The maximum atomic E-state index is 14.0. The van der Waals surface area contributed by atoms with Gasteiger partial charge in [0.1, 0.15) is 11.6 Å². The lowest BCUT2D eigenvalue weighted by Crippen LogP contribution is -2.29. The van der Waals surface area contributed by atoms with Crippen LogP contribution in [0.5, 0.6) is 5.75 Å². The molecule has 0 atom stereocenters. The van der Waals surface area contributed by atoms with Crippen LogP contribution in [0.3, 0.4) is 0 Å². The third-order valence-electron chi connectivity index (χ3n) is 4.12. The Morgan fingerprint density at radius 1 is 1.14 bits per heavy atom. The Morgan fingerprint density at radius 2 is 1.83 bits per heavy atom. The summed E-state index contributed by atoms with van der Waals surface area (Å²) in [6, 6.07) is 9.85. The van der Waals surface area contributed by atoms with Crippen molar-refractivity contribution in [2.45, 2.75) is 39.7 Å². The van der Waals surface area contributed by atoms with Crippen LogP contribution in [0.1, 0.15) is 37.5 Å². The summed E-state index contributed by atoms with van der Waals surface area (Å²) < 4.78 is 44.2. The monoisotopic (exact) mass is 422 g/mol. The number of aryl methyl sites for hydroxylation is 1. The molecular formula is C21H27FN2O4S. The summed E-state index contributed by atoms with van der Waals surface area (Å²) in [5.74, 6) is -0.405. The first-order chi connectivity index (χ1) is 13.3. The summed E-state index contributed by atoms with van der Waals surface area (Å²) in [6.45, 7) is 8.16. The number of ether oxygens (including phenoxy) is 1. The Hall–Kier alpha value is -2.61. The van der Waals surface area contributed by atoms with E-state index in [9.17, 15) is 17.6 Å². The molecule has 0 unspecified atom stereocenters. The highest BCUT2D eigenvalue weighted by atomic mass is 32.2. The number of amides is 1. The summed E-state index contributed by atoms with van der Waals surface area (Å²) in [4.78, 5) is 12.1. The lowest BCUT2D eigenvalue weighted by Gasteiger charge is -2.23. The molecule has 0 spiro atoms. The first-order valence-corrected chi connectivity index (χ1v) is 11.0. The van der Waals surface area contributed by atoms with E-state index in [2.05, 4.69) is 30.8 Å². The zero-order chi connectivity index (χ0) is 21.8. The van der Waals surface area contributed by atoms with Gasteiger partial charge < -0.3 is 10.1 Å². The second-order valence-electron chi connectivity index (χ2n) is 8.00. The zero-order valence-corrected chi connectivity index (χ0v) is 18.1. The minimum atomic E-state index is -3.57. The molecule has 29 heavy (non-hydrogen) atoms. The molecule has 0 aliphatic rings. The number of carbonyl (C=O) groups excluding carboxylic acids is 1. The predicted octanol–water partition coefficient (Wildman–Crippen LogP) is 3.50. The highest BCUT2D eigenvalue weighted by molar-refractivity contribution is 7.92. The Balaban J connectivity index is 1.95. The van der Waals surface area contributed by atoms with Crippen molar-refractivity contribution in [3.8, 4) is 5.75 Å². The number of anilines is 1. The third-order valence-corrected chi connectivity index (χ3v) is 4.71. The van der Waals surface area contributed by atoms with E-state index in [1.165, 1.54) is 18.2 Å². The van der Waals surface area contributed by atoms with Crippen LogP contribution in [0.4, 0.5) is 10.1 Å². The van der Waals surface area contributed by atoms with E-state index >= 15 is 0 Å². The lowest BCUT2D eigenvalue weighted by molar-refractivity contribution is -0.123. The molecule has 1 amide bonds. The Morgan fingerprint density at radius 3 is 2.41 bits per heavy atom. The maximum Gasteiger partial charge on any atom is 0.258 e. The zero-order valence-electron chi connectivity index (χ0n) is 17.3. The SMILES string of the molecule is Cc1ccc(OCC(=O)NCc2ccc(NS(C)(=O)=O)c(F)c2)c(C(C)(C)C)c1. The summed E-state index contributed by atoms with van der Waals surface area (Å²) in [7, 11) is -3.57. The lowest BCUT2D eigenvalue weighted by atomic mass is 9.85. The van der Waals surface area contributed by atoms with E-state index in [0.29, 0.717) is 11.3 Å². The van der Waals surface area contributed by atoms with E-state index < -0.39 is 15.8 Å². The quantitative estimate of drug-likeness (QED) is 0.715. The molecule has 0 aliphatic heterocycles. The van der Waals surface area contributed by atoms with Gasteiger partial charge in [-0.2, -0.15) is 0 Å². The van der Waals surface area contributed by atoms with E-state index in [1.54, 1.807) is 0 Å². The van der Waals surface area contributed by atoms with Crippen LogP contribution >= 0.6 is 0 Å². The van der Waals surface area contributed by atoms with Crippen LogP contribution in [-0.2, 0) is 26.8 Å².